The van der Waals surface area contributed by atoms with Crippen LogP contribution in [0.25, 0.3) is 5.70 Å². The lowest BCUT2D eigenvalue weighted by atomic mass is 10.2. The number of aryl methyl sites for hydroxylation is 1. The Morgan fingerprint density at radius 3 is 2.78 bits per heavy atom. The molecule has 5 N–H and O–H groups in total. The Kier molecular flexibility index (Phi) is 5.09. The van der Waals surface area contributed by atoms with Crippen LogP contribution in [0.5, 0.6) is 0 Å². The molecule has 1 heterocycles. The van der Waals surface area contributed by atoms with Gasteiger partial charge in [-0.1, -0.05) is 0 Å². The Morgan fingerprint density at radius 2 is 2.28 bits per heavy atom. The molecular weight excluding hydrogens is 298 g/mol. The van der Waals surface area contributed by atoms with Crippen molar-refractivity contribution < 1.29 is 5.11 Å². The maximum absolute atomic E-state index is 9.27. The molecule has 0 spiro atoms. The van der Waals surface area contributed by atoms with Gasteiger partial charge in [0.1, 0.15) is 6.54 Å². The molecule has 0 saturated carbocycles. The van der Waals surface area contributed by atoms with Crippen molar-refractivity contribution in [3.8, 4) is 6.07 Å². The van der Waals surface area contributed by atoms with Crippen molar-refractivity contribution in [2.75, 3.05) is 13.2 Å². The van der Waals surface area contributed by atoms with Crippen molar-refractivity contribution in [3.63, 3.8) is 0 Å². The average molecular weight is 312 g/mol. The number of nitrogens with two attached hydrogens (primary N) is 2. The standard InChI is InChI=1S/C11H14BrN5O/c1-7-8(12)2-3-9(16-7)11(14)10(6-18)17(15)5-4-13/h2-3,18H,5-6,14-15H2,1H3/b11-10-. The number of pyridine rings is 1. The van der Waals surface area contributed by atoms with Crippen molar-refractivity contribution in [2.45, 2.75) is 6.92 Å². The molecule has 18 heavy (non-hydrogen) atoms. The van der Waals surface area contributed by atoms with Gasteiger partial charge in [-0.05, 0) is 35.0 Å². The summed E-state index contributed by atoms with van der Waals surface area (Å²) >= 11 is 3.34. The van der Waals surface area contributed by atoms with E-state index in [0.717, 1.165) is 15.2 Å². The number of aliphatic hydroxyl groups is 1. The van der Waals surface area contributed by atoms with E-state index in [-0.39, 0.29) is 24.5 Å². The Balaban J connectivity index is 3.18. The Hall–Kier alpha value is -1.62. The first-order chi connectivity index (χ1) is 8.51. The van der Waals surface area contributed by atoms with Gasteiger partial charge in [-0.2, -0.15) is 5.26 Å². The summed E-state index contributed by atoms with van der Waals surface area (Å²) in [6, 6.07) is 5.40. The van der Waals surface area contributed by atoms with E-state index in [9.17, 15) is 5.11 Å². The van der Waals surface area contributed by atoms with E-state index in [1.165, 1.54) is 0 Å². The van der Waals surface area contributed by atoms with Crippen LogP contribution in [0.3, 0.4) is 0 Å². The summed E-state index contributed by atoms with van der Waals surface area (Å²) in [6.45, 7) is 1.40. The summed E-state index contributed by atoms with van der Waals surface area (Å²) in [4.78, 5) is 4.28. The zero-order valence-electron chi connectivity index (χ0n) is 9.89. The minimum Gasteiger partial charge on any atom is -0.395 e. The number of nitriles is 1. The SMILES string of the molecule is Cc1nc(/C(N)=C(\CO)N(N)CC#N)ccc1Br. The average Bonchev–Trinajstić information content (AvgIpc) is 2.33. The molecule has 96 valence electrons. The van der Waals surface area contributed by atoms with Gasteiger partial charge >= 0.3 is 0 Å². The lowest BCUT2D eigenvalue weighted by Gasteiger charge is -2.19. The van der Waals surface area contributed by atoms with Crippen LogP contribution in [0, 0.1) is 18.3 Å². The van der Waals surface area contributed by atoms with Crippen molar-refractivity contribution in [3.05, 3.63) is 33.7 Å². The monoisotopic (exact) mass is 311 g/mol. The third-order valence-corrected chi connectivity index (χ3v) is 3.18. The lowest BCUT2D eigenvalue weighted by molar-refractivity contribution is 0.268. The molecule has 1 rings (SSSR count). The summed E-state index contributed by atoms with van der Waals surface area (Å²) in [6.07, 6.45) is 0. The number of aliphatic hydroxyl groups excluding tert-OH is 1. The minimum atomic E-state index is -0.360. The van der Waals surface area contributed by atoms with Gasteiger partial charge in [-0.15, -0.1) is 0 Å². The zero-order chi connectivity index (χ0) is 13.7. The van der Waals surface area contributed by atoms with Gasteiger partial charge in [0, 0.05) is 4.47 Å². The van der Waals surface area contributed by atoms with Crippen LogP contribution in [0.15, 0.2) is 22.3 Å². The Bertz CT molecular complexity index is 509. The van der Waals surface area contributed by atoms with Crippen LogP contribution in [0.2, 0.25) is 0 Å². The largest absolute Gasteiger partial charge is 0.395 e. The molecule has 0 aromatic carbocycles. The van der Waals surface area contributed by atoms with Crippen LogP contribution >= 0.6 is 15.9 Å². The summed E-state index contributed by atoms with van der Waals surface area (Å²) in [5.74, 6) is 5.62. The van der Waals surface area contributed by atoms with Crippen molar-refractivity contribution in [1.29, 1.82) is 5.26 Å². The fourth-order valence-electron chi connectivity index (χ4n) is 1.34. The van der Waals surface area contributed by atoms with Crippen LogP contribution < -0.4 is 11.6 Å². The number of rotatable bonds is 4. The summed E-state index contributed by atoms with van der Waals surface area (Å²) in [5, 5.41) is 19.0. The van der Waals surface area contributed by atoms with E-state index < -0.39 is 0 Å². The smallest absolute Gasteiger partial charge is 0.121 e. The topological polar surface area (TPSA) is 112 Å². The van der Waals surface area contributed by atoms with Crippen LogP contribution in [0.1, 0.15) is 11.4 Å². The number of aromatic nitrogens is 1. The third kappa shape index (κ3) is 3.20. The van der Waals surface area contributed by atoms with Crippen molar-refractivity contribution in [2.24, 2.45) is 11.6 Å². The lowest BCUT2D eigenvalue weighted by Crippen LogP contribution is -2.34. The molecule has 0 atom stereocenters. The summed E-state index contributed by atoms with van der Waals surface area (Å²) in [5.41, 5.74) is 7.72. The summed E-state index contributed by atoms with van der Waals surface area (Å²) in [7, 11) is 0. The van der Waals surface area contributed by atoms with Gasteiger partial charge in [-0.25, -0.2) is 5.84 Å². The van der Waals surface area contributed by atoms with Crippen molar-refractivity contribution >= 4 is 21.6 Å². The number of nitrogens with zero attached hydrogens (tertiary/aromatic N) is 3. The van der Waals surface area contributed by atoms with Gasteiger partial charge in [0.2, 0.25) is 0 Å². The van der Waals surface area contributed by atoms with E-state index in [0.29, 0.717) is 5.69 Å². The first-order valence-corrected chi connectivity index (χ1v) is 5.92. The van der Waals surface area contributed by atoms with E-state index in [4.69, 9.17) is 16.8 Å². The second-order valence-corrected chi connectivity index (χ2v) is 4.42. The zero-order valence-corrected chi connectivity index (χ0v) is 11.5. The van der Waals surface area contributed by atoms with E-state index >= 15 is 0 Å². The number of hydrogen-bond donors (Lipinski definition) is 3. The molecule has 0 bridgehead atoms. The second-order valence-electron chi connectivity index (χ2n) is 3.57. The highest BCUT2D eigenvalue weighted by atomic mass is 79.9. The second kappa shape index (κ2) is 6.35. The Morgan fingerprint density at radius 1 is 1.61 bits per heavy atom. The van der Waals surface area contributed by atoms with E-state index in [1.54, 1.807) is 6.07 Å². The van der Waals surface area contributed by atoms with Gasteiger partial charge in [-0.3, -0.25) is 9.99 Å². The third-order valence-electron chi connectivity index (χ3n) is 2.35. The molecule has 0 fully saturated rings. The number of hydrogen-bond acceptors (Lipinski definition) is 6. The molecule has 0 aliphatic rings. The first kappa shape index (κ1) is 14.4. The van der Waals surface area contributed by atoms with Gasteiger partial charge in [0.15, 0.2) is 0 Å². The highest BCUT2D eigenvalue weighted by Crippen LogP contribution is 2.18. The van der Waals surface area contributed by atoms with Crippen LogP contribution in [-0.2, 0) is 0 Å². The minimum absolute atomic E-state index is 0.0634. The highest BCUT2D eigenvalue weighted by molar-refractivity contribution is 9.10. The van der Waals surface area contributed by atoms with Crippen LogP contribution in [-0.4, -0.2) is 28.3 Å². The van der Waals surface area contributed by atoms with E-state index in [1.807, 2.05) is 19.1 Å². The predicted octanol–water partition coefficient (Wildman–Crippen LogP) is 0.471. The molecule has 0 radical (unpaired) electrons. The quantitative estimate of drug-likeness (QED) is 0.423. The van der Waals surface area contributed by atoms with E-state index in [2.05, 4.69) is 20.9 Å². The fourth-order valence-corrected chi connectivity index (χ4v) is 1.57. The number of hydrazine groups is 1. The van der Waals surface area contributed by atoms with Gasteiger partial charge < -0.3 is 10.8 Å². The molecule has 1 aromatic heterocycles. The fraction of sp³-hybridized carbons (Fsp3) is 0.273. The molecular formula is C11H14BrN5O. The molecule has 7 heteroatoms. The molecule has 0 saturated heterocycles. The maximum Gasteiger partial charge on any atom is 0.121 e. The summed E-state index contributed by atoms with van der Waals surface area (Å²) < 4.78 is 0.867. The molecule has 0 unspecified atom stereocenters. The normalized spacial score (nSPS) is 11.7. The molecule has 1 aromatic rings. The maximum atomic E-state index is 9.27. The molecule has 6 nitrogen and oxygen atoms in total. The van der Waals surface area contributed by atoms with Gasteiger partial charge in [0.25, 0.3) is 0 Å². The highest BCUT2D eigenvalue weighted by Gasteiger charge is 2.12. The molecule has 0 amide bonds. The number of halogens is 1. The molecule has 0 aliphatic heterocycles. The Labute approximate surface area is 114 Å². The van der Waals surface area contributed by atoms with Crippen molar-refractivity contribution in [1.82, 2.24) is 9.99 Å². The van der Waals surface area contributed by atoms with Gasteiger partial charge in [0.05, 0.1) is 35.5 Å². The van der Waals surface area contributed by atoms with Crippen LogP contribution in [0.4, 0.5) is 0 Å². The predicted molar refractivity (Wildman–Crippen MR) is 71.4 cm³/mol. The first-order valence-electron chi connectivity index (χ1n) is 5.13. The molecule has 0 aliphatic carbocycles.